The molecule has 0 aliphatic carbocycles. The van der Waals surface area contributed by atoms with Crippen LogP contribution in [0, 0.1) is 0 Å². The van der Waals surface area contributed by atoms with Gasteiger partial charge >= 0.3 is 0 Å². The minimum absolute atomic E-state index is 0.0972. The van der Waals surface area contributed by atoms with Gasteiger partial charge in [0.1, 0.15) is 12.4 Å². The molecule has 6 aromatic rings. The molecule has 0 bridgehead atoms. The zero-order chi connectivity index (χ0) is 25.7. The molecule has 1 amide bonds. The molecule has 4 nitrogen and oxygen atoms in total. The summed E-state index contributed by atoms with van der Waals surface area (Å²) in [5.41, 5.74) is 5.30. The average Bonchev–Trinajstić information content (AvgIpc) is 3.38. The topological polar surface area (TPSA) is 34.5 Å². The van der Waals surface area contributed by atoms with Crippen LogP contribution in [-0.2, 0) is 6.61 Å². The van der Waals surface area contributed by atoms with Crippen LogP contribution in [-0.4, -0.2) is 10.5 Å². The van der Waals surface area contributed by atoms with Crippen LogP contribution >= 0.6 is 0 Å². The number of aromatic nitrogens is 1. The van der Waals surface area contributed by atoms with Gasteiger partial charge in [-0.3, -0.25) is 9.69 Å². The second-order valence-corrected chi connectivity index (χ2v) is 9.01. The summed E-state index contributed by atoms with van der Waals surface area (Å²) < 4.78 is 8.06. The highest BCUT2D eigenvalue weighted by molar-refractivity contribution is 6.17. The number of amides is 1. The molecule has 0 saturated carbocycles. The lowest BCUT2D eigenvalue weighted by atomic mass is 10.1. The van der Waals surface area contributed by atoms with E-state index >= 15 is 0 Å². The van der Waals surface area contributed by atoms with Crippen molar-refractivity contribution >= 4 is 28.2 Å². The van der Waals surface area contributed by atoms with Crippen molar-refractivity contribution < 1.29 is 9.53 Å². The third-order valence-corrected chi connectivity index (χ3v) is 6.54. The largest absolute Gasteiger partial charge is 0.489 e. The van der Waals surface area contributed by atoms with E-state index in [1.54, 1.807) is 4.90 Å². The van der Waals surface area contributed by atoms with E-state index in [2.05, 4.69) is 4.57 Å². The van der Waals surface area contributed by atoms with Crippen molar-refractivity contribution in [2.75, 3.05) is 4.90 Å². The molecular weight excluding hydrogens is 468 g/mol. The molecule has 6 rings (SSSR count). The standard InChI is InChI=1S/C34H26N2O2/c37-34(32-24-35(27-14-6-2-7-15-27)33-19-11-10-18-31(32)33)36(28-16-8-3-9-17-28)29-20-22-30(23-21-29)38-25-26-12-4-1-5-13-26/h1-24H,25H2. The van der Waals surface area contributed by atoms with Crippen LogP contribution in [0.1, 0.15) is 15.9 Å². The van der Waals surface area contributed by atoms with Crippen molar-refractivity contribution in [1.29, 1.82) is 0 Å². The molecule has 0 aliphatic heterocycles. The molecule has 0 unspecified atom stereocenters. The highest BCUT2D eigenvalue weighted by Crippen LogP contribution is 2.33. The maximum absolute atomic E-state index is 14.3. The lowest BCUT2D eigenvalue weighted by Crippen LogP contribution is -2.25. The molecule has 1 aromatic heterocycles. The monoisotopic (exact) mass is 494 g/mol. The molecule has 1 heterocycles. The number of carbonyl (C=O) groups is 1. The van der Waals surface area contributed by atoms with Gasteiger partial charge in [0, 0.05) is 28.6 Å². The fraction of sp³-hybridized carbons (Fsp3) is 0.0294. The minimum Gasteiger partial charge on any atom is -0.489 e. The van der Waals surface area contributed by atoms with Gasteiger partial charge in [-0.15, -0.1) is 0 Å². The van der Waals surface area contributed by atoms with Crippen LogP contribution in [0.3, 0.4) is 0 Å². The first-order valence-corrected chi connectivity index (χ1v) is 12.6. The van der Waals surface area contributed by atoms with Gasteiger partial charge in [-0.25, -0.2) is 0 Å². The van der Waals surface area contributed by atoms with Crippen molar-refractivity contribution in [1.82, 2.24) is 4.57 Å². The molecule has 0 fully saturated rings. The van der Waals surface area contributed by atoms with Crippen molar-refractivity contribution in [2.45, 2.75) is 6.61 Å². The number of nitrogens with zero attached hydrogens (tertiary/aromatic N) is 2. The molecule has 0 radical (unpaired) electrons. The average molecular weight is 495 g/mol. The van der Waals surface area contributed by atoms with Gasteiger partial charge in [-0.1, -0.05) is 84.9 Å². The lowest BCUT2D eigenvalue weighted by molar-refractivity contribution is 0.100. The van der Waals surface area contributed by atoms with Gasteiger partial charge < -0.3 is 9.30 Å². The molecule has 0 aliphatic rings. The number of benzene rings is 5. The summed E-state index contributed by atoms with van der Waals surface area (Å²) in [6.45, 7) is 0.487. The van der Waals surface area contributed by atoms with Crippen LogP contribution in [0.5, 0.6) is 5.75 Å². The smallest absolute Gasteiger partial charge is 0.265 e. The number of anilines is 2. The summed E-state index contributed by atoms with van der Waals surface area (Å²) in [6, 6.07) is 45.6. The van der Waals surface area contributed by atoms with Gasteiger partial charge in [0.2, 0.25) is 0 Å². The van der Waals surface area contributed by atoms with Crippen LogP contribution in [0.4, 0.5) is 11.4 Å². The zero-order valence-corrected chi connectivity index (χ0v) is 20.8. The number of rotatable bonds is 7. The highest BCUT2D eigenvalue weighted by Gasteiger charge is 2.24. The van der Waals surface area contributed by atoms with E-state index < -0.39 is 0 Å². The number of para-hydroxylation sites is 3. The van der Waals surface area contributed by atoms with Crippen LogP contribution in [0.2, 0.25) is 0 Å². The van der Waals surface area contributed by atoms with Crippen LogP contribution in [0.15, 0.2) is 146 Å². The maximum atomic E-state index is 14.3. The van der Waals surface area contributed by atoms with Gasteiger partial charge in [-0.05, 0) is 60.2 Å². The first kappa shape index (κ1) is 23.3. The number of carbonyl (C=O) groups excluding carboxylic acids is 1. The van der Waals surface area contributed by atoms with Crippen molar-refractivity contribution in [3.05, 3.63) is 157 Å². The molecule has 184 valence electrons. The van der Waals surface area contributed by atoms with Gasteiger partial charge in [0.05, 0.1) is 11.1 Å². The Hall–Kier alpha value is -5.09. The van der Waals surface area contributed by atoms with Crippen LogP contribution < -0.4 is 9.64 Å². The highest BCUT2D eigenvalue weighted by atomic mass is 16.5. The van der Waals surface area contributed by atoms with E-state index in [9.17, 15) is 4.79 Å². The molecule has 38 heavy (non-hydrogen) atoms. The summed E-state index contributed by atoms with van der Waals surface area (Å²) >= 11 is 0. The van der Waals surface area contributed by atoms with E-state index in [1.807, 2.05) is 146 Å². The van der Waals surface area contributed by atoms with E-state index in [1.165, 1.54) is 0 Å². The Morgan fingerprint density at radius 2 is 1.21 bits per heavy atom. The Morgan fingerprint density at radius 3 is 1.92 bits per heavy atom. The molecule has 4 heteroatoms. The predicted molar refractivity (Wildman–Crippen MR) is 153 cm³/mol. The Balaban J connectivity index is 1.37. The van der Waals surface area contributed by atoms with Crippen molar-refractivity contribution in [3.8, 4) is 11.4 Å². The summed E-state index contributed by atoms with van der Waals surface area (Å²) in [4.78, 5) is 16.0. The van der Waals surface area contributed by atoms with Crippen molar-refractivity contribution in [3.63, 3.8) is 0 Å². The third-order valence-electron chi connectivity index (χ3n) is 6.54. The second-order valence-electron chi connectivity index (χ2n) is 9.01. The van der Waals surface area contributed by atoms with E-state index in [0.717, 1.165) is 39.3 Å². The van der Waals surface area contributed by atoms with E-state index in [0.29, 0.717) is 12.2 Å². The number of fused-ring (bicyclic) bond motifs is 1. The number of hydrogen-bond donors (Lipinski definition) is 0. The first-order valence-electron chi connectivity index (χ1n) is 12.6. The number of hydrogen-bond acceptors (Lipinski definition) is 2. The van der Waals surface area contributed by atoms with Gasteiger partial charge in [0.15, 0.2) is 0 Å². The second kappa shape index (κ2) is 10.5. The van der Waals surface area contributed by atoms with Crippen LogP contribution in [0.25, 0.3) is 16.6 Å². The summed E-state index contributed by atoms with van der Waals surface area (Å²) in [5, 5.41) is 0.907. The first-order chi connectivity index (χ1) is 18.8. The SMILES string of the molecule is O=C(c1cn(-c2ccccc2)c2ccccc12)N(c1ccccc1)c1ccc(OCc2ccccc2)cc1. The molecular formula is C34H26N2O2. The lowest BCUT2D eigenvalue weighted by Gasteiger charge is -2.23. The Morgan fingerprint density at radius 1 is 0.632 bits per heavy atom. The van der Waals surface area contributed by atoms with Gasteiger partial charge in [0.25, 0.3) is 5.91 Å². The summed E-state index contributed by atoms with van der Waals surface area (Å²) in [6.07, 6.45) is 1.94. The van der Waals surface area contributed by atoms with Crippen molar-refractivity contribution in [2.24, 2.45) is 0 Å². The summed E-state index contributed by atoms with van der Waals surface area (Å²) in [7, 11) is 0. The van der Waals surface area contributed by atoms with E-state index in [4.69, 9.17) is 4.74 Å². The Labute approximate surface area is 222 Å². The van der Waals surface area contributed by atoms with Gasteiger partial charge in [-0.2, -0.15) is 0 Å². The Kier molecular flexibility index (Phi) is 6.44. The normalized spacial score (nSPS) is 10.8. The minimum atomic E-state index is -0.0972. The molecule has 0 N–H and O–H groups in total. The molecule has 5 aromatic carbocycles. The quantitative estimate of drug-likeness (QED) is 0.224. The molecule has 0 atom stereocenters. The fourth-order valence-corrected chi connectivity index (χ4v) is 4.67. The summed E-state index contributed by atoms with van der Waals surface area (Å²) in [5.74, 6) is 0.652. The number of ether oxygens (including phenoxy) is 1. The fourth-order valence-electron chi connectivity index (χ4n) is 4.67. The van der Waals surface area contributed by atoms with E-state index in [-0.39, 0.29) is 5.91 Å². The molecule has 0 spiro atoms. The predicted octanol–water partition coefficient (Wildman–Crippen LogP) is 8.19. The maximum Gasteiger partial charge on any atom is 0.265 e. The third kappa shape index (κ3) is 4.67. The Bertz CT molecular complexity index is 1660. The molecule has 0 saturated heterocycles. The zero-order valence-electron chi connectivity index (χ0n) is 20.8.